The van der Waals surface area contributed by atoms with Crippen LogP contribution < -0.4 is 9.47 Å². The summed E-state index contributed by atoms with van der Waals surface area (Å²) in [5, 5.41) is 11.3. The fourth-order valence-corrected chi connectivity index (χ4v) is 4.43. The van der Waals surface area contributed by atoms with Crippen LogP contribution in [0.3, 0.4) is 0 Å². The van der Waals surface area contributed by atoms with Crippen LogP contribution in [-0.2, 0) is 9.59 Å². The number of benzene rings is 2. The van der Waals surface area contributed by atoms with Gasteiger partial charge in [-0.2, -0.15) is 0 Å². The van der Waals surface area contributed by atoms with Gasteiger partial charge in [-0.1, -0.05) is 43.7 Å². The number of fused-ring (bicyclic) bond motifs is 1. The van der Waals surface area contributed by atoms with Gasteiger partial charge >= 0.3 is 0 Å². The number of ketones is 1. The summed E-state index contributed by atoms with van der Waals surface area (Å²) >= 11 is 0. The normalized spacial score (nSPS) is 19.4. The van der Waals surface area contributed by atoms with E-state index in [2.05, 4.69) is 18.7 Å². The quantitative estimate of drug-likeness (QED) is 0.395. The number of Topliss-reactive ketones (excluding diaryl/α,β-unsaturated/α-hetero) is 1. The van der Waals surface area contributed by atoms with Crippen LogP contribution in [0.5, 0.6) is 11.5 Å². The number of hydrogen-bond acceptors (Lipinski definition) is 6. The molecule has 1 atom stereocenters. The summed E-state index contributed by atoms with van der Waals surface area (Å²) in [6, 6.07) is 12.1. The summed E-state index contributed by atoms with van der Waals surface area (Å²) in [6.07, 6.45) is 0. The Hall–Kier alpha value is -3.32. The van der Waals surface area contributed by atoms with Crippen LogP contribution in [0.15, 0.2) is 48.0 Å². The summed E-state index contributed by atoms with van der Waals surface area (Å²) in [6.45, 7) is 9.72. The standard InChI is InChI=1S/C26H30N2O5/c1-4-27(5-2)11-12-28-23(18-8-6-7-17(3)15-18)22(25(30)26(28)31)24(29)19-9-10-20-21(16-19)33-14-13-32-20/h6-10,15-16,23,29H,4-5,11-14H2,1-3H3/b24-22-. The first kappa shape index (κ1) is 22.9. The molecule has 1 amide bonds. The molecule has 1 unspecified atom stereocenters. The van der Waals surface area contributed by atoms with Crippen LogP contribution >= 0.6 is 0 Å². The zero-order chi connectivity index (χ0) is 23.5. The lowest BCUT2D eigenvalue weighted by molar-refractivity contribution is -0.140. The number of nitrogens with zero attached hydrogens (tertiary/aromatic N) is 2. The van der Waals surface area contributed by atoms with Crippen molar-refractivity contribution in [2.75, 3.05) is 39.4 Å². The van der Waals surface area contributed by atoms with Crippen molar-refractivity contribution in [2.45, 2.75) is 26.8 Å². The van der Waals surface area contributed by atoms with E-state index in [-0.39, 0.29) is 11.3 Å². The van der Waals surface area contributed by atoms with Gasteiger partial charge in [0.1, 0.15) is 19.0 Å². The fraction of sp³-hybridized carbons (Fsp3) is 0.385. The van der Waals surface area contributed by atoms with Gasteiger partial charge in [-0.05, 0) is 43.8 Å². The minimum Gasteiger partial charge on any atom is -0.507 e. The largest absolute Gasteiger partial charge is 0.507 e. The first-order valence-electron chi connectivity index (χ1n) is 11.4. The Balaban J connectivity index is 1.79. The van der Waals surface area contributed by atoms with E-state index >= 15 is 0 Å². The molecule has 0 radical (unpaired) electrons. The van der Waals surface area contributed by atoms with Gasteiger partial charge in [0.2, 0.25) is 0 Å². The number of aliphatic hydroxyl groups is 1. The molecule has 1 fully saturated rings. The average molecular weight is 451 g/mol. The van der Waals surface area contributed by atoms with Crippen LogP contribution in [0.2, 0.25) is 0 Å². The van der Waals surface area contributed by atoms with Crippen molar-refractivity contribution in [3.05, 3.63) is 64.7 Å². The highest BCUT2D eigenvalue weighted by Crippen LogP contribution is 2.41. The molecule has 4 rings (SSSR count). The van der Waals surface area contributed by atoms with Crippen molar-refractivity contribution in [3.63, 3.8) is 0 Å². The third-order valence-corrected chi connectivity index (χ3v) is 6.26. The second-order valence-electron chi connectivity index (χ2n) is 8.29. The predicted octanol–water partition coefficient (Wildman–Crippen LogP) is 3.53. The van der Waals surface area contributed by atoms with Gasteiger partial charge in [0.05, 0.1) is 11.6 Å². The molecule has 2 aliphatic heterocycles. The highest BCUT2D eigenvalue weighted by Gasteiger charge is 2.46. The van der Waals surface area contributed by atoms with E-state index in [9.17, 15) is 14.7 Å². The second kappa shape index (κ2) is 9.67. The van der Waals surface area contributed by atoms with Gasteiger partial charge < -0.3 is 24.4 Å². The monoisotopic (exact) mass is 450 g/mol. The summed E-state index contributed by atoms with van der Waals surface area (Å²) in [5.74, 6) is -0.371. The van der Waals surface area contributed by atoms with Crippen molar-refractivity contribution in [1.29, 1.82) is 0 Å². The molecule has 174 valence electrons. The third-order valence-electron chi connectivity index (χ3n) is 6.26. The molecule has 2 aromatic rings. The van der Waals surface area contributed by atoms with E-state index in [1.165, 1.54) is 0 Å². The van der Waals surface area contributed by atoms with E-state index < -0.39 is 17.7 Å². The fourth-order valence-electron chi connectivity index (χ4n) is 4.43. The van der Waals surface area contributed by atoms with E-state index in [4.69, 9.17) is 9.47 Å². The summed E-state index contributed by atoms with van der Waals surface area (Å²) < 4.78 is 11.2. The van der Waals surface area contributed by atoms with Gasteiger partial charge in [0.25, 0.3) is 11.7 Å². The Morgan fingerprint density at radius 2 is 1.79 bits per heavy atom. The number of likely N-dealkylation sites (tertiary alicyclic amines) is 1. The number of rotatable bonds is 7. The molecule has 7 heteroatoms. The van der Waals surface area contributed by atoms with Crippen molar-refractivity contribution in [3.8, 4) is 11.5 Å². The van der Waals surface area contributed by atoms with E-state index in [0.717, 1.165) is 24.2 Å². The predicted molar refractivity (Wildman–Crippen MR) is 125 cm³/mol. The summed E-state index contributed by atoms with van der Waals surface area (Å²) in [4.78, 5) is 30.1. The van der Waals surface area contributed by atoms with Gasteiger partial charge in [0, 0.05) is 18.7 Å². The number of likely N-dealkylation sites (N-methyl/N-ethyl adjacent to an activating group) is 1. The van der Waals surface area contributed by atoms with Crippen LogP contribution in [0.25, 0.3) is 5.76 Å². The number of hydrogen-bond donors (Lipinski definition) is 1. The molecule has 0 aromatic heterocycles. The number of ether oxygens (including phenoxy) is 2. The Morgan fingerprint density at radius 3 is 2.48 bits per heavy atom. The van der Waals surface area contributed by atoms with Crippen LogP contribution in [0, 0.1) is 6.92 Å². The molecule has 1 saturated heterocycles. The number of aliphatic hydroxyl groups excluding tert-OH is 1. The number of aryl methyl sites for hydroxylation is 1. The van der Waals surface area contributed by atoms with Gasteiger partial charge in [-0.15, -0.1) is 0 Å². The maximum Gasteiger partial charge on any atom is 0.295 e. The topological polar surface area (TPSA) is 79.3 Å². The van der Waals surface area contributed by atoms with Crippen molar-refractivity contribution in [1.82, 2.24) is 9.80 Å². The third kappa shape index (κ3) is 4.46. The molecule has 0 aliphatic carbocycles. The molecule has 2 aliphatic rings. The lowest BCUT2D eigenvalue weighted by atomic mass is 9.94. The molecule has 0 spiro atoms. The van der Waals surface area contributed by atoms with Gasteiger partial charge in [-0.3, -0.25) is 9.59 Å². The van der Waals surface area contributed by atoms with Crippen molar-refractivity contribution >= 4 is 17.4 Å². The van der Waals surface area contributed by atoms with Gasteiger partial charge in [0.15, 0.2) is 11.5 Å². The Kier molecular flexibility index (Phi) is 6.70. The minimum absolute atomic E-state index is 0.0989. The minimum atomic E-state index is -0.673. The zero-order valence-corrected chi connectivity index (χ0v) is 19.3. The first-order valence-corrected chi connectivity index (χ1v) is 11.4. The van der Waals surface area contributed by atoms with E-state index in [1.54, 1.807) is 23.1 Å². The molecule has 33 heavy (non-hydrogen) atoms. The Morgan fingerprint density at radius 1 is 1.06 bits per heavy atom. The molecule has 7 nitrogen and oxygen atoms in total. The second-order valence-corrected chi connectivity index (χ2v) is 8.29. The van der Waals surface area contributed by atoms with Crippen LogP contribution in [-0.4, -0.2) is 66.0 Å². The Labute approximate surface area is 194 Å². The molecule has 2 heterocycles. The smallest absolute Gasteiger partial charge is 0.295 e. The molecule has 0 bridgehead atoms. The SMILES string of the molecule is CCN(CC)CCN1C(=O)C(=O)/C(=C(\O)c2ccc3c(c2)OCCO3)C1c1cccc(C)c1. The van der Waals surface area contributed by atoms with Gasteiger partial charge in [-0.25, -0.2) is 0 Å². The molecule has 1 N–H and O–H groups in total. The zero-order valence-electron chi connectivity index (χ0n) is 19.3. The molecular weight excluding hydrogens is 420 g/mol. The van der Waals surface area contributed by atoms with E-state index in [0.29, 0.717) is 43.4 Å². The number of carbonyl (C=O) groups excluding carboxylic acids is 2. The lowest BCUT2D eigenvalue weighted by Gasteiger charge is -2.28. The average Bonchev–Trinajstić information content (AvgIpc) is 3.09. The lowest BCUT2D eigenvalue weighted by Crippen LogP contribution is -2.38. The number of amides is 1. The summed E-state index contributed by atoms with van der Waals surface area (Å²) in [5.41, 5.74) is 2.33. The molecule has 2 aromatic carbocycles. The maximum atomic E-state index is 13.2. The van der Waals surface area contributed by atoms with Crippen molar-refractivity contribution in [2.24, 2.45) is 0 Å². The maximum absolute atomic E-state index is 13.2. The number of carbonyl (C=O) groups is 2. The highest BCUT2D eigenvalue weighted by molar-refractivity contribution is 6.46. The first-order chi connectivity index (χ1) is 15.9. The highest BCUT2D eigenvalue weighted by atomic mass is 16.6. The summed E-state index contributed by atoms with van der Waals surface area (Å²) in [7, 11) is 0. The molecule has 0 saturated carbocycles. The van der Waals surface area contributed by atoms with E-state index in [1.807, 2.05) is 31.2 Å². The van der Waals surface area contributed by atoms with Crippen LogP contribution in [0.4, 0.5) is 0 Å². The van der Waals surface area contributed by atoms with Crippen molar-refractivity contribution < 1.29 is 24.2 Å². The van der Waals surface area contributed by atoms with Crippen LogP contribution in [0.1, 0.15) is 36.6 Å². The Bertz CT molecular complexity index is 1090. The molecular formula is C26H30N2O5.